The normalized spacial score (nSPS) is 17.4. The molecule has 2 rings (SSSR count). The van der Waals surface area contributed by atoms with Gasteiger partial charge in [0.2, 0.25) is 11.8 Å². The number of likely N-dealkylation sites (N-methyl/N-ethyl adjacent to an activating group) is 1. The van der Waals surface area contributed by atoms with Gasteiger partial charge in [0.25, 0.3) is 0 Å². The molecule has 6 nitrogen and oxygen atoms in total. The van der Waals surface area contributed by atoms with Gasteiger partial charge in [-0.25, -0.2) is 0 Å². The Bertz CT molecular complexity index is 560. The molecule has 0 saturated carbocycles. The Morgan fingerprint density at radius 3 is 2.86 bits per heavy atom. The summed E-state index contributed by atoms with van der Waals surface area (Å²) in [6.07, 6.45) is 1.54. The fourth-order valence-electron chi connectivity index (χ4n) is 2.73. The van der Waals surface area contributed by atoms with E-state index in [9.17, 15) is 9.59 Å². The molecule has 1 aliphatic rings. The molecule has 120 valence electrons. The van der Waals surface area contributed by atoms with Crippen LogP contribution in [0.3, 0.4) is 0 Å². The van der Waals surface area contributed by atoms with Crippen molar-refractivity contribution in [2.24, 2.45) is 0 Å². The number of benzene rings is 1. The molecule has 1 aromatic carbocycles. The second kappa shape index (κ2) is 7.26. The summed E-state index contributed by atoms with van der Waals surface area (Å²) < 4.78 is 5.27. The summed E-state index contributed by atoms with van der Waals surface area (Å²) in [5.74, 6) is 0.409. The van der Waals surface area contributed by atoms with Crippen LogP contribution in [0.5, 0.6) is 5.75 Å². The molecule has 1 unspecified atom stereocenters. The highest BCUT2D eigenvalue weighted by atomic mass is 16.5. The summed E-state index contributed by atoms with van der Waals surface area (Å²) in [6.45, 7) is 2.83. The summed E-state index contributed by atoms with van der Waals surface area (Å²) in [7, 11) is 3.29. The van der Waals surface area contributed by atoms with Gasteiger partial charge in [0.15, 0.2) is 0 Å². The van der Waals surface area contributed by atoms with E-state index in [4.69, 9.17) is 4.74 Å². The Hall–Kier alpha value is -2.08. The molecule has 22 heavy (non-hydrogen) atoms. The number of likely N-dealkylation sites (tertiary alicyclic amines) is 1. The van der Waals surface area contributed by atoms with E-state index in [2.05, 4.69) is 10.6 Å². The third-order valence-corrected chi connectivity index (χ3v) is 3.82. The highest BCUT2D eigenvalue weighted by Gasteiger charge is 2.33. The third kappa shape index (κ3) is 3.57. The monoisotopic (exact) mass is 305 g/mol. The van der Waals surface area contributed by atoms with Crippen LogP contribution in [0.15, 0.2) is 18.2 Å². The minimum absolute atomic E-state index is 0.0450. The lowest BCUT2D eigenvalue weighted by atomic mass is 10.1. The molecule has 1 aliphatic heterocycles. The van der Waals surface area contributed by atoms with Crippen molar-refractivity contribution in [3.63, 3.8) is 0 Å². The molecular weight excluding hydrogens is 282 g/mol. The van der Waals surface area contributed by atoms with Crippen molar-refractivity contribution in [1.29, 1.82) is 0 Å². The number of nitrogens with zero attached hydrogens (tertiary/aromatic N) is 1. The van der Waals surface area contributed by atoms with Gasteiger partial charge in [-0.2, -0.15) is 0 Å². The highest BCUT2D eigenvalue weighted by molar-refractivity contribution is 5.98. The van der Waals surface area contributed by atoms with Crippen molar-refractivity contribution in [3.8, 4) is 5.75 Å². The van der Waals surface area contributed by atoms with Crippen LogP contribution < -0.4 is 15.4 Å². The lowest BCUT2D eigenvalue weighted by Gasteiger charge is -2.24. The molecule has 0 aliphatic carbocycles. The number of hydrogen-bond acceptors (Lipinski definition) is 4. The number of hydrogen-bond donors (Lipinski definition) is 2. The van der Waals surface area contributed by atoms with Gasteiger partial charge in [0, 0.05) is 6.54 Å². The number of aryl methyl sites for hydroxylation is 1. The van der Waals surface area contributed by atoms with Crippen molar-refractivity contribution < 1.29 is 14.3 Å². The smallest absolute Gasteiger partial charge is 0.247 e. The minimum Gasteiger partial charge on any atom is -0.495 e. The maximum absolute atomic E-state index is 12.5. The number of nitrogens with one attached hydrogen (secondary N) is 2. The van der Waals surface area contributed by atoms with Crippen LogP contribution in [-0.2, 0) is 9.59 Å². The van der Waals surface area contributed by atoms with E-state index in [1.165, 1.54) is 0 Å². The first-order valence-electron chi connectivity index (χ1n) is 7.46. The van der Waals surface area contributed by atoms with Crippen LogP contribution in [0.1, 0.15) is 18.4 Å². The molecule has 1 fully saturated rings. The fraction of sp³-hybridized carbons (Fsp3) is 0.500. The lowest BCUT2D eigenvalue weighted by Crippen LogP contribution is -2.46. The van der Waals surface area contributed by atoms with E-state index in [-0.39, 0.29) is 18.4 Å². The second-order valence-corrected chi connectivity index (χ2v) is 5.47. The van der Waals surface area contributed by atoms with E-state index in [1.807, 2.05) is 25.1 Å². The first kappa shape index (κ1) is 16.3. The zero-order valence-corrected chi connectivity index (χ0v) is 13.3. The summed E-state index contributed by atoms with van der Waals surface area (Å²) >= 11 is 0. The zero-order chi connectivity index (χ0) is 16.1. The van der Waals surface area contributed by atoms with E-state index in [0.29, 0.717) is 24.4 Å². The van der Waals surface area contributed by atoms with Gasteiger partial charge in [-0.3, -0.25) is 9.59 Å². The maximum atomic E-state index is 12.5. The molecule has 0 aromatic heterocycles. The van der Waals surface area contributed by atoms with E-state index < -0.39 is 6.04 Å². The van der Waals surface area contributed by atoms with Crippen molar-refractivity contribution >= 4 is 17.5 Å². The van der Waals surface area contributed by atoms with Gasteiger partial charge in [-0.05, 0) is 44.5 Å². The molecule has 6 heteroatoms. The van der Waals surface area contributed by atoms with Crippen LogP contribution in [0.4, 0.5) is 5.69 Å². The zero-order valence-electron chi connectivity index (χ0n) is 13.3. The van der Waals surface area contributed by atoms with Crippen LogP contribution in [0, 0.1) is 6.92 Å². The maximum Gasteiger partial charge on any atom is 0.247 e. The van der Waals surface area contributed by atoms with E-state index in [0.717, 1.165) is 12.0 Å². The van der Waals surface area contributed by atoms with Gasteiger partial charge in [0.05, 0.1) is 19.3 Å². The number of carbonyl (C=O) groups excluding carboxylic acids is 2. The minimum atomic E-state index is -0.411. The number of methoxy groups -OCH3 is 1. The average Bonchev–Trinajstić information content (AvgIpc) is 2.97. The summed E-state index contributed by atoms with van der Waals surface area (Å²) in [5, 5.41) is 5.73. The molecule has 0 radical (unpaired) electrons. The van der Waals surface area contributed by atoms with Gasteiger partial charge in [-0.15, -0.1) is 0 Å². The Morgan fingerprint density at radius 2 is 2.18 bits per heavy atom. The Morgan fingerprint density at radius 1 is 1.41 bits per heavy atom. The predicted octanol–water partition coefficient (Wildman–Crippen LogP) is 1.15. The van der Waals surface area contributed by atoms with E-state index >= 15 is 0 Å². The summed E-state index contributed by atoms with van der Waals surface area (Å²) in [4.78, 5) is 26.2. The SMILES string of the molecule is CNCC(=O)N1CCCC1C(=O)Nc1cc(C)ccc1OC. The number of ether oxygens (including phenoxy) is 1. The molecule has 1 aromatic rings. The first-order valence-corrected chi connectivity index (χ1v) is 7.46. The Kier molecular flexibility index (Phi) is 5.38. The quantitative estimate of drug-likeness (QED) is 0.856. The fourth-order valence-corrected chi connectivity index (χ4v) is 2.73. The molecule has 2 amide bonds. The largest absolute Gasteiger partial charge is 0.495 e. The van der Waals surface area contributed by atoms with Gasteiger partial charge in [-0.1, -0.05) is 6.07 Å². The van der Waals surface area contributed by atoms with Gasteiger partial charge >= 0.3 is 0 Å². The molecular formula is C16H23N3O3. The van der Waals surface area contributed by atoms with Crippen LogP contribution in [-0.4, -0.2) is 50.0 Å². The first-order chi connectivity index (χ1) is 10.6. The molecule has 0 spiro atoms. The number of amides is 2. The average molecular weight is 305 g/mol. The number of rotatable bonds is 5. The molecule has 0 bridgehead atoms. The van der Waals surface area contributed by atoms with Crippen LogP contribution in [0.25, 0.3) is 0 Å². The summed E-state index contributed by atoms with van der Waals surface area (Å²) in [6, 6.07) is 5.20. The van der Waals surface area contributed by atoms with Crippen molar-refractivity contribution in [2.45, 2.75) is 25.8 Å². The predicted molar refractivity (Wildman–Crippen MR) is 85.0 cm³/mol. The van der Waals surface area contributed by atoms with Crippen molar-refractivity contribution in [2.75, 3.05) is 32.6 Å². The standard InChI is InChI=1S/C16H23N3O3/c1-11-6-7-14(22-3)12(9-11)18-16(21)13-5-4-8-19(13)15(20)10-17-2/h6-7,9,13,17H,4-5,8,10H2,1-3H3,(H,18,21). The number of carbonyl (C=O) groups is 2. The molecule has 2 N–H and O–H groups in total. The molecule has 1 atom stereocenters. The second-order valence-electron chi connectivity index (χ2n) is 5.47. The van der Waals surface area contributed by atoms with Gasteiger partial charge < -0.3 is 20.3 Å². The number of anilines is 1. The molecule has 1 saturated heterocycles. The Labute approximate surface area is 130 Å². The third-order valence-electron chi connectivity index (χ3n) is 3.82. The Balaban J connectivity index is 2.11. The lowest BCUT2D eigenvalue weighted by molar-refractivity contribution is -0.135. The highest BCUT2D eigenvalue weighted by Crippen LogP contribution is 2.27. The van der Waals surface area contributed by atoms with Crippen molar-refractivity contribution in [1.82, 2.24) is 10.2 Å². The van der Waals surface area contributed by atoms with E-state index in [1.54, 1.807) is 19.1 Å². The van der Waals surface area contributed by atoms with Crippen molar-refractivity contribution in [3.05, 3.63) is 23.8 Å². The molecule has 1 heterocycles. The van der Waals surface area contributed by atoms with Crippen LogP contribution >= 0.6 is 0 Å². The summed E-state index contributed by atoms with van der Waals surface area (Å²) in [5.41, 5.74) is 1.67. The topological polar surface area (TPSA) is 70.7 Å². The van der Waals surface area contributed by atoms with Gasteiger partial charge in [0.1, 0.15) is 11.8 Å². The van der Waals surface area contributed by atoms with Crippen LogP contribution in [0.2, 0.25) is 0 Å².